The first kappa shape index (κ1) is 12.8. The number of piperazine rings is 1. The molecule has 0 atom stereocenters. The first-order chi connectivity index (χ1) is 8.22. The van der Waals surface area contributed by atoms with E-state index in [1.165, 1.54) is 19.3 Å². The summed E-state index contributed by atoms with van der Waals surface area (Å²) in [5.74, 6) is 0.195. The molecule has 0 unspecified atom stereocenters. The Labute approximate surface area is 104 Å². The Bertz CT molecular complexity index is 253. The van der Waals surface area contributed by atoms with Crippen molar-refractivity contribution in [2.45, 2.75) is 50.5 Å². The highest BCUT2D eigenvalue weighted by atomic mass is 16.2. The number of amides is 1. The van der Waals surface area contributed by atoms with Crippen molar-refractivity contribution in [3.63, 3.8) is 0 Å². The second-order valence-corrected chi connectivity index (χ2v) is 5.47. The fourth-order valence-corrected chi connectivity index (χ4v) is 2.93. The van der Waals surface area contributed by atoms with Gasteiger partial charge in [-0.15, -0.1) is 0 Å². The molecule has 1 amide bonds. The predicted octanol–water partition coefficient (Wildman–Crippen LogP) is 0.860. The summed E-state index contributed by atoms with van der Waals surface area (Å²) in [5, 5.41) is 3.27. The van der Waals surface area contributed by atoms with Crippen molar-refractivity contribution < 1.29 is 4.79 Å². The van der Waals surface area contributed by atoms with E-state index in [0.29, 0.717) is 0 Å². The van der Waals surface area contributed by atoms with Crippen molar-refractivity contribution in [1.29, 1.82) is 0 Å². The normalized spacial score (nSPS) is 26.1. The van der Waals surface area contributed by atoms with E-state index in [1.54, 1.807) is 0 Å². The monoisotopic (exact) mass is 239 g/mol. The van der Waals surface area contributed by atoms with Crippen LogP contribution in [0, 0.1) is 0 Å². The first-order valence-corrected chi connectivity index (χ1v) is 7.01. The molecule has 2 aliphatic rings. The maximum absolute atomic E-state index is 12.5. The average Bonchev–Trinajstić information content (AvgIpc) is 2.34. The van der Waals surface area contributed by atoms with Gasteiger partial charge in [0, 0.05) is 26.2 Å². The van der Waals surface area contributed by atoms with Crippen molar-refractivity contribution in [2.24, 2.45) is 5.73 Å². The van der Waals surface area contributed by atoms with Crippen molar-refractivity contribution in [3.8, 4) is 0 Å². The van der Waals surface area contributed by atoms with Gasteiger partial charge in [-0.3, -0.25) is 4.79 Å². The quantitative estimate of drug-likeness (QED) is 0.713. The number of hydrogen-bond donors (Lipinski definition) is 2. The van der Waals surface area contributed by atoms with Crippen LogP contribution in [0.1, 0.15) is 44.9 Å². The molecule has 0 aromatic carbocycles. The van der Waals surface area contributed by atoms with Gasteiger partial charge in [-0.25, -0.2) is 0 Å². The summed E-state index contributed by atoms with van der Waals surface area (Å²) in [5.41, 5.74) is 5.82. The lowest BCUT2D eigenvalue weighted by molar-refractivity contribution is -0.138. The number of nitrogens with zero attached hydrogens (tertiary/aromatic N) is 1. The van der Waals surface area contributed by atoms with Gasteiger partial charge in [0.25, 0.3) is 0 Å². The molecule has 98 valence electrons. The van der Waals surface area contributed by atoms with Gasteiger partial charge in [0.1, 0.15) is 0 Å². The van der Waals surface area contributed by atoms with Crippen LogP contribution >= 0.6 is 0 Å². The standard InChI is InChI=1S/C13H25N3O/c14-13(6-4-2-1-3-5-7-13)12(17)16-10-8-15-9-11-16/h15H,1-11,14H2. The van der Waals surface area contributed by atoms with Crippen LogP contribution in [0.4, 0.5) is 0 Å². The lowest BCUT2D eigenvalue weighted by atomic mass is 9.83. The van der Waals surface area contributed by atoms with Gasteiger partial charge in [-0.2, -0.15) is 0 Å². The van der Waals surface area contributed by atoms with Crippen molar-refractivity contribution >= 4 is 5.91 Å². The largest absolute Gasteiger partial charge is 0.339 e. The molecule has 0 bridgehead atoms. The average molecular weight is 239 g/mol. The number of carbonyl (C=O) groups is 1. The summed E-state index contributed by atoms with van der Waals surface area (Å²) in [6.45, 7) is 3.44. The van der Waals surface area contributed by atoms with Gasteiger partial charge in [-0.05, 0) is 12.8 Å². The molecule has 1 saturated carbocycles. The molecule has 17 heavy (non-hydrogen) atoms. The van der Waals surface area contributed by atoms with Crippen LogP contribution in [-0.4, -0.2) is 42.5 Å². The molecular formula is C13H25N3O. The Morgan fingerprint density at radius 2 is 1.53 bits per heavy atom. The zero-order valence-corrected chi connectivity index (χ0v) is 10.7. The fourth-order valence-electron chi connectivity index (χ4n) is 2.93. The molecule has 3 N–H and O–H groups in total. The van der Waals surface area contributed by atoms with Gasteiger partial charge in [0.05, 0.1) is 5.54 Å². The molecule has 1 aliphatic heterocycles. The fraction of sp³-hybridized carbons (Fsp3) is 0.923. The number of nitrogens with two attached hydrogens (primary N) is 1. The third-order valence-electron chi connectivity index (χ3n) is 4.08. The molecule has 0 aromatic rings. The number of nitrogens with one attached hydrogen (secondary N) is 1. The Kier molecular flexibility index (Phi) is 4.40. The number of hydrogen-bond acceptors (Lipinski definition) is 3. The van der Waals surface area contributed by atoms with Crippen molar-refractivity contribution in [2.75, 3.05) is 26.2 Å². The Morgan fingerprint density at radius 1 is 1.00 bits per heavy atom. The van der Waals surface area contributed by atoms with Gasteiger partial charge in [-0.1, -0.05) is 32.1 Å². The minimum Gasteiger partial charge on any atom is -0.339 e. The van der Waals surface area contributed by atoms with E-state index in [2.05, 4.69) is 5.32 Å². The van der Waals surface area contributed by atoms with E-state index >= 15 is 0 Å². The second-order valence-electron chi connectivity index (χ2n) is 5.47. The van der Waals surface area contributed by atoms with Gasteiger partial charge >= 0.3 is 0 Å². The highest BCUT2D eigenvalue weighted by molar-refractivity contribution is 5.86. The third-order valence-corrected chi connectivity index (χ3v) is 4.08. The lowest BCUT2D eigenvalue weighted by Crippen LogP contribution is -2.59. The molecule has 1 aliphatic carbocycles. The molecule has 1 heterocycles. The summed E-state index contributed by atoms with van der Waals surface area (Å²) in [7, 11) is 0. The van der Waals surface area contributed by atoms with Crippen LogP contribution in [0.15, 0.2) is 0 Å². The second kappa shape index (κ2) is 5.83. The van der Waals surface area contributed by atoms with Gasteiger partial charge in [0.2, 0.25) is 5.91 Å². The van der Waals surface area contributed by atoms with Crippen LogP contribution < -0.4 is 11.1 Å². The van der Waals surface area contributed by atoms with Gasteiger partial charge in [0.15, 0.2) is 0 Å². The van der Waals surface area contributed by atoms with E-state index in [1.807, 2.05) is 4.90 Å². The third kappa shape index (κ3) is 3.19. The van der Waals surface area contributed by atoms with E-state index < -0.39 is 5.54 Å². The van der Waals surface area contributed by atoms with Crippen LogP contribution in [-0.2, 0) is 4.79 Å². The summed E-state index contributed by atoms with van der Waals surface area (Å²) in [6.07, 6.45) is 7.72. The van der Waals surface area contributed by atoms with E-state index in [4.69, 9.17) is 5.73 Å². The predicted molar refractivity (Wildman–Crippen MR) is 68.7 cm³/mol. The Morgan fingerprint density at radius 3 is 2.12 bits per heavy atom. The van der Waals surface area contributed by atoms with Gasteiger partial charge < -0.3 is 16.0 Å². The lowest BCUT2D eigenvalue weighted by Gasteiger charge is -2.37. The van der Waals surface area contributed by atoms with Crippen LogP contribution in [0.3, 0.4) is 0 Å². The molecular weight excluding hydrogens is 214 g/mol. The van der Waals surface area contributed by atoms with E-state index in [-0.39, 0.29) is 5.91 Å². The highest BCUT2D eigenvalue weighted by Gasteiger charge is 2.37. The molecule has 0 spiro atoms. The minimum atomic E-state index is -0.572. The molecule has 4 heteroatoms. The molecule has 0 aromatic heterocycles. The maximum atomic E-state index is 12.5. The zero-order valence-electron chi connectivity index (χ0n) is 10.7. The summed E-state index contributed by atoms with van der Waals surface area (Å²) < 4.78 is 0. The zero-order chi connectivity index (χ0) is 12.1. The van der Waals surface area contributed by atoms with Crippen LogP contribution in [0.2, 0.25) is 0 Å². The molecule has 4 nitrogen and oxygen atoms in total. The SMILES string of the molecule is NC1(C(=O)N2CCNCC2)CCCCCCC1. The van der Waals surface area contributed by atoms with Crippen molar-refractivity contribution in [1.82, 2.24) is 10.2 Å². The molecule has 0 radical (unpaired) electrons. The minimum absolute atomic E-state index is 0.195. The maximum Gasteiger partial charge on any atom is 0.242 e. The Hall–Kier alpha value is -0.610. The molecule has 2 rings (SSSR count). The first-order valence-electron chi connectivity index (χ1n) is 7.01. The van der Waals surface area contributed by atoms with E-state index in [9.17, 15) is 4.79 Å². The number of carbonyl (C=O) groups excluding carboxylic acids is 1. The molecule has 1 saturated heterocycles. The highest BCUT2D eigenvalue weighted by Crippen LogP contribution is 2.26. The summed E-state index contributed by atoms with van der Waals surface area (Å²) in [6, 6.07) is 0. The Balaban J connectivity index is 1.98. The topological polar surface area (TPSA) is 58.4 Å². The summed E-state index contributed by atoms with van der Waals surface area (Å²) >= 11 is 0. The smallest absolute Gasteiger partial charge is 0.242 e. The number of rotatable bonds is 1. The van der Waals surface area contributed by atoms with E-state index in [0.717, 1.165) is 51.9 Å². The van der Waals surface area contributed by atoms with Crippen LogP contribution in [0.25, 0.3) is 0 Å². The van der Waals surface area contributed by atoms with Crippen molar-refractivity contribution in [3.05, 3.63) is 0 Å². The van der Waals surface area contributed by atoms with Crippen LogP contribution in [0.5, 0.6) is 0 Å². The summed E-state index contributed by atoms with van der Waals surface area (Å²) in [4.78, 5) is 14.5. The molecule has 2 fully saturated rings.